The molecule has 12 heteroatoms. The Kier molecular flexibility index (Phi) is 8.76. The third kappa shape index (κ3) is 5.83. The van der Waals surface area contributed by atoms with Crippen LogP contribution in [0.25, 0.3) is 76.8 Å². The molecule has 0 radical (unpaired) electrons. The minimum absolute atomic E-state index is 0.0970. The summed E-state index contributed by atoms with van der Waals surface area (Å²) < 4.78 is 136. The van der Waals surface area contributed by atoms with Gasteiger partial charge in [-0.05, 0) is 147 Å². The average molecular weight is 1010 g/mol. The normalized spacial score (nSPS) is 14.0. The first-order chi connectivity index (χ1) is 35.9. The zero-order chi connectivity index (χ0) is 51.4. The van der Waals surface area contributed by atoms with Gasteiger partial charge < -0.3 is 0 Å². The molecule has 0 amide bonds. The van der Waals surface area contributed by atoms with Gasteiger partial charge in [0.15, 0.2) is 8.07 Å². The molecule has 360 valence electrons. The molecule has 4 heterocycles. The molecular formula is C63H35B2F9Si. The van der Waals surface area contributed by atoms with E-state index in [9.17, 15) is 13.2 Å². The van der Waals surface area contributed by atoms with Gasteiger partial charge in [0.25, 0.3) is 0 Å². The maximum Gasteiger partial charge on any atom is 0.416 e. The lowest BCUT2D eigenvalue weighted by molar-refractivity contribution is -0.138. The number of hydrogen-bond donors (Lipinski definition) is 0. The highest BCUT2D eigenvalue weighted by Gasteiger charge is 2.50. The average Bonchev–Trinajstić information content (AvgIpc) is 4.18. The maximum absolute atomic E-state index is 15.5. The topological polar surface area (TPSA) is 0 Å². The molecule has 11 aromatic rings. The third-order valence-corrected chi connectivity index (χ3v) is 21.8. The molecule has 0 atom stereocenters. The monoisotopic (exact) mass is 1010 g/mol. The SMILES string of the molecule is Cc1ccc2c(c1)-c1cc(C(F)(F)F)cc3c1B2c1cc2c(C)cc4c5c(cc6c([Si](c7ccccc7)(c7ccccc7)c7ccccc7)cc-3c1c6c25)B1c2ccc(C(F)(F)F)cc2-c2cc(C(F)(F)F)cc-4c21. The van der Waals surface area contributed by atoms with Crippen molar-refractivity contribution in [1.29, 1.82) is 0 Å². The van der Waals surface area contributed by atoms with Crippen LogP contribution >= 0.6 is 0 Å². The lowest BCUT2D eigenvalue weighted by atomic mass is 9.34. The van der Waals surface area contributed by atoms with Crippen LogP contribution in [0.2, 0.25) is 0 Å². The molecule has 0 bridgehead atoms. The van der Waals surface area contributed by atoms with Gasteiger partial charge in [-0.25, -0.2) is 0 Å². The van der Waals surface area contributed by atoms with Crippen LogP contribution in [0, 0.1) is 13.8 Å². The molecule has 0 aromatic heterocycles. The fraction of sp³-hybridized carbons (Fsp3) is 0.0794. The second-order valence-corrected chi connectivity index (χ2v) is 24.6. The Labute approximate surface area is 425 Å². The molecular weight excluding hydrogens is 977 g/mol. The smallest absolute Gasteiger partial charge is 0.166 e. The van der Waals surface area contributed by atoms with Crippen molar-refractivity contribution in [3.63, 3.8) is 0 Å². The summed E-state index contributed by atoms with van der Waals surface area (Å²) in [6.45, 7) is 2.66. The van der Waals surface area contributed by atoms with Crippen LogP contribution < -0.4 is 53.5 Å². The van der Waals surface area contributed by atoms with Crippen LogP contribution in [0.15, 0.2) is 176 Å². The molecule has 11 aromatic carbocycles. The maximum atomic E-state index is 15.5. The molecule has 0 aliphatic carbocycles. The van der Waals surface area contributed by atoms with E-state index in [0.29, 0.717) is 44.1 Å². The lowest BCUT2D eigenvalue weighted by Gasteiger charge is -2.38. The summed E-state index contributed by atoms with van der Waals surface area (Å²) in [4.78, 5) is 0. The molecule has 0 N–H and O–H groups in total. The summed E-state index contributed by atoms with van der Waals surface area (Å²) >= 11 is 0. The van der Waals surface area contributed by atoms with Crippen molar-refractivity contribution in [2.24, 2.45) is 0 Å². The zero-order valence-electron chi connectivity index (χ0n) is 39.8. The van der Waals surface area contributed by atoms with E-state index in [1.165, 1.54) is 18.2 Å². The zero-order valence-corrected chi connectivity index (χ0v) is 40.8. The van der Waals surface area contributed by atoms with E-state index in [1.807, 2.05) is 92.7 Å². The van der Waals surface area contributed by atoms with E-state index in [4.69, 9.17) is 0 Å². The second kappa shape index (κ2) is 14.7. The van der Waals surface area contributed by atoms with Crippen molar-refractivity contribution in [2.45, 2.75) is 32.4 Å². The predicted octanol–water partition coefficient (Wildman–Crippen LogP) is 10.6. The quantitative estimate of drug-likeness (QED) is 0.0713. The summed E-state index contributed by atoms with van der Waals surface area (Å²) in [5, 5.41) is 8.62. The molecule has 0 spiro atoms. The van der Waals surface area contributed by atoms with E-state index in [1.54, 1.807) is 0 Å². The summed E-state index contributed by atoms with van der Waals surface area (Å²) in [6, 6.07) is 53.2. The van der Waals surface area contributed by atoms with E-state index in [0.717, 1.165) is 110 Å². The standard InChI is InChI=1S/C63H35B2F9Si/c1-32-18-20-50-41(22-32)45-25-35(62(69,70)71)28-48-44-31-54(75(37-12-6-3-7-13-37,38-14-8-4-9-15-38)39-16-10-5-11-17-39)49-30-53-55-43(23-33(2)40-29-52(64(50)59(45)48)56(44)58(49)57(40)55)47-27-36(63(72,73)74)26-46-42-24-34(61(66,67)68)19-21-51(42)65(53)60(46)47/h3-31H,1-2H3. The van der Waals surface area contributed by atoms with Crippen molar-refractivity contribution < 1.29 is 39.5 Å². The molecule has 0 nitrogen and oxygen atoms in total. The number of aryl methyl sites for hydroxylation is 2. The first-order valence-corrected chi connectivity index (χ1v) is 26.8. The Bertz CT molecular complexity index is 4240. The van der Waals surface area contributed by atoms with Crippen molar-refractivity contribution >= 4 is 107 Å². The molecule has 0 unspecified atom stereocenters. The highest BCUT2D eigenvalue weighted by molar-refractivity contribution is 7.21. The molecule has 0 saturated heterocycles. The van der Waals surface area contributed by atoms with Crippen LogP contribution in [0.4, 0.5) is 39.5 Å². The minimum atomic E-state index is -4.84. The number of hydrogen-bond acceptors (Lipinski definition) is 0. The van der Waals surface area contributed by atoms with Gasteiger partial charge in [-0.3, -0.25) is 0 Å². The minimum Gasteiger partial charge on any atom is -0.166 e. The van der Waals surface area contributed by atoms with E-state index < -0.39 is 56.7 Å². The molecule has 4 aliphatic heterocycles. The van der Waals surface area contributed by atoms with Gasteiger partial charge in [-0.2, -0.15) is 39.5 Å². The molecule has 0 saturated carbocycles. The van der Waals surface area contributed by atoms with Crippen molar-refractivity contribution in [1.82, 2.24) is 0 Å². The van der Waals surface area contributed by atoms with E-state index >= 15 is 26.3 Å². The summed E-state index contributed by atoms with van der Waals surface area (Å²) in [5.41, 5.74) is 6.73. The number of fused-ring (bicyclic) bond motifs is 10. The van der Waals surface area contributed by atoms with Gasteiger partial charge in [0, 0.05) is 0 Å². The van der Waals surface area contributed by atoms with Gasteiger partial charge in [0.05, 0.1) is 16.7 Å². The predicted molar refractivity (Wildman–Crippen MR) is 289 cm³/mol. The van der Waals surface area contributed by atoms with Crippen LogP contribution in [-0.2, 0) is 18.5 Å². The summed E-state index contributed by atoms with van der Waals surface area (Å²) in [6.07, 6.45) is -14.3. The third-order valence-electron chi connectivity index (χ3n) is 17.0. The first kappa shape index (κ1) is 44.6. The summed E-state index contributed by atoms with van der Waals surface area (Å²) in [7, 11) is -3.63. The van der Waals surface area contributed by atoms with Gasteiger partial charge in [0.1, 0.15) is 0 Å². The Morgan fingerprint density at radius 3 is 1.21 bits per heavy atom. The molecule has 4 aliphatic rings. The largest absolute Gasteiger partial charge is 0.416 e. The summed E-state index contributed by atoms with van der Waals surface area (Å²) in [5.74, 6) is 0. The Balaban J connectivity index is 1.20. The molecule has 0 fully saturated rings. The fourth-order valence-corrected chi connectivity index (χ4v) is 19.1. The number of halogens is 9. The second-order valence-electron chi connectivity index (χ2n) is 20.8. The number of rotatable bonds is 4. The van der Waals surface area contributed by atoms with Crippen LogP contribution in [0.5, 0.6) is 0 Å². The van der Waals surface area contributed by atoms with Gasteiger partial charge >= 0.3 is 18.5 Å². The van der Waals surface area contributed by atoms with Crippen molar-refractivity contribution in [3.05, 3.63) is 204 Å². The lowest BCUT2D eigenvalue weighted by Crippen LogP contribution is -2.75. The van der Waals surface area contributed by atoms with Crippen molar-refractivity contribution in [3.8, 4) is 44.5 Å². The molecule has 75 heavy (non-hydrogen) atoms. The van der Waals surface area contributed by atoms with Gasteiger partial charge in [-0.15, -0.1) is 0 Å². The van der Waals surface area contributed by atoms with E-state index in [-0.39, 0.29) is 11.1 Å². The van der Waals surface area contributed by atoms with Gasteiger partial charge in [0.2, 0.25) is 13.4 Å². The Morgan fingerprint density at radius 1 is 0.333 bits per heavy atom. The van der Waals surface area contributed by atoms with Gasteiger partial charge in [-0.1, -0.05) is 184 Å². The van der Waals surface area contributed by atoms with Crippen LogP contribution in [-0.4, -0.2) is 21.5 Å². The Hall–Kier alpha value is -7.82. The van der Waals surface area contributed by atoms with Crippen LogP contribution in [0.3, 0.4) is 0 Å². The molecule has 15 rings (SSSR count). The number of alkyl halides is 9. The van der Waals surface area contributed by atoms with E-state index in [2.05, 4.69) is 54.6 Å². The first-order valence-electron chi connectivity index (χ1n) is 24.8. The number of benzene rings is 11. The van der Waals surface area contributed by atoms with Crippen LogP contribution in [0.1, 0.15) is 27.8 Å². The highest BCUT2D eigenvalue weighted by Crippen LogP contribution is 2.50. The Morgan fingerprint density at radius 2 is 0.733 bits per heavy atom. The highest BCUT2D eigenvalue weighted by atomic mass is 28.3. The van der Waals surface area contributed by atoms with Crippen molar-refractivity contribution in [2.75, 3.05) is 0 Å². The fourth-order valence-electron chi connectivity index (χ4n) is 14.1.